The number of hydrogen-bond acceptors (Lipinski definition) is 3. The van der Waals surface area contributed by atoms with Gasteiger partial charge in [0.05, 0.1) is 4.90 Å². The van der Waals surface area contributed by atoms with Crippen molar-refractivity contribution in [1.29, 1.82) is 0 Å². The minimum absolute atomic E-state index is 0.128. The van der Waals surface area contributed by atoms with Crippen molar-refractivity contribution in [2.45, 2.75) is 18.7 Å². The lowest BCUT2D eigenvalue weighted by Gasteiger charge is -2.10. The summed E-state index contributed by atoms with van der Waals surface area (Å²) in [4.78, 5) is 12.6. The van der Waals surface area contributed by atoms with Crippen LogP contribution in [0.1, 0.15) is 21.5 Å². The molecule has 0 aromatic heterocycles. The van der Waals surface area contributed by atoms with Gasteiger partial charge >= 0.3 is 0 Å². The average Bonchev–Trinajstić information content (AvgIpc) is 2.65. The Hall–Kier alpha value is -3.19. The maximum atomic E-state index is 13.6. The third kappa shape index (κ3) is 4.55. The molecule has 0 radical (unpaired) electrons. The molecule has 0 aliphatic rings. The quantitative estimate of drug-likeness (QED) is 0.665. The zero-order valence-corrected chi connectivity index (χ0v) is 16.2. The first-order valence-electron chi connectivity index (χ1n) is 8.52. The van der Waals surface area contributed by atoms with E-state index in [-0.39, 0.29) is 16.1 Å². The number of rotatable bonds is 5. The van der Waals surface area contributed by atoms with Crippen molar-refractivity contribution in [3.63, 3.8) is 0 Å². The molecule has 7 heteroatoms. The molecule has 28 heavy (non-hydrogen) atoms. The van der Waals surface area contributed by atoms with Crippen molar-refractivity contribution >= 4 is 27.3 Å². The summed E-state index contributed by atoms with van der Waals surface area (Å²) in [5.41, 5.74) is 2.24. The first kappa shape index (κ1) is 19.6. The molecular formula is C21H19FN2O3S. The summed E-state index contributed by atoms with van der Waals surface area (Å²) in [5.74, 6) is -0.892. The number of sulfonamides is 1. The SMILES string of the molecule is Cc1ccc(S(=O)(=O)Nc2cccc(C(=O)Nc3ccc(C)c(F)c3)c2)cc1. The Bertz CT molecular complexity index is 1130. The van der Waals surface area contributed by atoms with E-state index in [2.05, 4.69) is 10.0 Å². The standard InChI is InChI=1S/C21H19FN2O3S/c1-14-6-10-19(11-7-14)28(26,27)24-18-5-3-4-16(12-18)21(25)23-17-9-8-15(2)20(22)13-17/h3-13,24H,1-2H3,(H,23,25). The van der Waals surface area contributed by atoms with Gasteiger partial charge in [-0.25, -0.2) is 12.8 Å². The van der Waals surface area contributed by atoms with Crippen LogP contribution in [0.4, 0.5) is 15.8 Å². The first-order valence-corrected chi connectivity index (χ1v) is 10.00. The molecule has 0 bridgehead atoms. The highest BCUT2D eigenvalue weighted by Gasteiger charge is 2.15. The number of aryl methyl sites for hydroxylation is 2. The third-order valence-corrected chi connectivity index (χ3v) is 5.54. The van der Waals surface area contributed by atoms with Crippen LogP contribution in [0.25, 0.3) is 0 Å². The molecule has 0 saturated carbocycles. The predicted molar refractivity (Wildman–Crippen MR) is 108 cm³/mol. The van der Waals surface area contributed by atoms with E-state index < -0.39 is 21.7 Å². The summed E-state index contributed by atoms with van der Waals surface area (Å²) in [6, 6.07) is 16.9. The van der Waals surface area contributed by atoms with Crippen LogP contribution in [0, 0.1) is 19.7 Å². The van der Waals surface area contributed by atoms with Crippen LogP contribution in [0.5, 0.6) is 0 Å². The molecule has 144 valence electrons. The van der Waals surface area contributed by atoms with Crippen molar-refractivity contribution < 1.29 is 17.6 Å². The third-order valence-electron chi connectivity index (χ3n) is 4.14. The Morgan fingerprint density at radius 1 is 0.893 bits per heavy atom. The van der Waals surface area contributed by atoms with Crippen molar-refractivity contribution in [2.24, 2.45) is 0 Å². The van der Waals surface area contributed by atoms with Gasteiger partial charge in [-0.3, -0.25) is 9.52 Å². The van der Waals surface area contributed by atoms with Crippen LogP contribution in [0.3, 0.4) is 0 Å². The van der Waals surface area contributed by atoms with Gasteiger partial charge in [-0.05, 0) is 61.9 Å². The molecule has 2 N–H and O–H groups in total. The van der Waals surface area contributed by atoms with Crippen LogP contribution in [0.15, 0.2) is 71.6 Å². The molecule has 0 spiro atoms. The minimum atomic E-state index is -3.77. The topological polar surface area (TPSA) is 75.3 Å². The van der Waals surface area contributed by atoms with Crippen molar-refractivity contribution in [3.8, 4) is 0 Å². The second-order valence-corrected chi connectivity index (χ2v) is 8.10. The molecule has 0 aliphatic carbocycles. The van der Waals surface area contributed by atoms with Crippen molar-refractivity contribution in [3.05, 3.63) is 89.2 Å². The highest BCUT2D eigenvalue weighted by molar-refractivity contribution is 7.92. The Morgan fingerprint density at radius 2 is 1.61 bits per heavy atom. The van der Waals surface area contributed by atoms with Crippen LogP contribution >= 0.6 is 0 Å². The fourth-order valence-corrected chi connectivity index (χ4v) is 3.58. The number of carbonyl (C=O) groups excluding carboxylic acids is 1. The number of halogens is 1. The molecule has 0 unspecified atom stereocenters. The van der Waals surface area contributed by atoms with E-state index in [1.54, 1.807) is 49.4 Å². The molecule has 0 heterocycles. The summed E-state index contributed by atoms with van der Waals surface area (Å²) in [6.07, 6.45) is 0. The second-order valence-electron chi connectivity index (χ2n) is 6.42. The maximum absolute atomic E-state index is 13.6. The van der Waals surface area contributed by atoms with Gasteiger partial charge in [0.1, 0.15) is 5.82 Å². The zero-order valence-electron chi connectivity index (χ0n) is 15.4. The van der Waals surface area contributed by atoms with E-state index in [0.29, 0.717) is 11.3 Å². The smallest absolute Gasteiger partial charge is 0.261 e. The molecule has 1 amide bonds. The van der Waals surface area contributed by atoms with E-state index in [9.17, 15) is 17.6 Å². The number of anilines is 2. The number of nitrogens with one attached hydrogen (secondary N) is 2. The van der Waals surface area contributed by atoms with Crippen LogP contribution in [0.2, 0.25) is 0 Å². The number of amides is 1. The second kappa shape index (κ2) is 7.82. The van der Waals surface area contributed by atoms with E-state index in [1.165, 1.54) is 24.3 Å². The van der Waals surface area contributed by atoms with E-state index in [4.69, 9.17) is 0 Å². The van der Waals surface area contributed by atoms with E-state index >= 15 is 0 Å². The fourth-order valence-electron chi connectivity index (χ4n) is 2.53. The monoisotopic (exact) mass is 398 g/mol. The minimum Gasteiger partial charge on any atom is -0.322 e. The Morgan fingerprint density at radius 3 is 2.29 bits per heavy atom. The van der Waals surface area contributed by atoms with Gasteiger partial charge in [0.15, 0.2) is 0 Å². The van der Waals surface area contributed by atoms with Gasteiger partial charge in [0, 0.05) is 16.9 Å². The largest absolute Gasteiger partial charge is 0.322 e. The van der Waals surface area contributed by atoms with Gasteiger partial charge in [0.25, 0.3) is 15.9 Å². The Labute approximate surface area is 163 Å². The highest BCUT2D eigenvalue weighted by atomic mass is 32.2. The molecule has 0 fully saturated rings. The molecule has 0 aliphatic heterocycles. The lowest BCUT2D eigenvalue weighted by Crippen LogP contribution is -2.15. The highest BCUT2D eigenvalue weighted by Crippen LogP contribution is 2.19. The lowest BCUT2D eigenvalue weighted by molar-refractivity contribution is 0.102. The zero-order chi connectivity index (χ0) is 20.3. The van der Waals surface area contributed by atoms with Gasteiger partial charge < -0.3 is 5.32 Å². The van der Waals surface area contributed by atoms with Gasteiger partial charge in [0.2, 0.25) is 0 Å². The summed E-state index contributed by atoms with van der Waals surface area (Å²) in [5, 5.41) is 2.60. The average molecular weight is 398 g/mol. The Kier molecular flexibility index (Phi) is 5.46. The van der Waals surface area contributed by atoms with Crippen LogP contribution in [-0.2, 0) is 10.0 Å². The summed E-state index contributed by atoms with van der Waals surface area (Å²) in [7, 11) is -3.77. The Balaban J connectivity index is 1.78. The summed E-state index contributed by atoms with van der Waals surface area (Å²) >= 11 is 0. The van der Waals surface area contributed by atoms with Gasteiger partial charge in [-0.1, -0.05) is 29.8 Å². The predicted octanol–water partition coefficient (Wildman–Crippen LogP) is 4.50. The molecule has 0 atom stereocenters. The molecule has 0 saturated heterocycles. The van der Waals surface area contributed by atoms with E-state index in [1.807, 2.05) is 6.92 Å². The maximum Gasteiger partial charge on any atom is 0.261 e. The summed E-state index contributed by atoms with van der Waals surface area (Å²) in [6.45, 7) is 3.50. The van der Waals surface area contributed by atoms with Crippen molar-refractivity contribution in [2.75, 3.05) is 10.0 Å². The normalized spacial score (nSPS) is 11.1. The first-order chi connectivity index (χ1) is 13.2. The lowest BCUT2D eigenvalue weighted by atomic mass is 10.1. The molecule has 3 aromatic rings. The van der Waals surface area contributed by atoms with Gasteiger partial charge in [-0.15, -0.1) is 0 Å². The molecule has 3 aromatic carbocycles. The van der Waals surface area contributed by atoms with E-state index in [0.717, 1.165) is 5.56 Å². The molecule has 5 nitrogen and oxygen atoms in total. The van der Waals surface area contributed by atoms with Crippen molar-refractivity contribution in [1.82, 2.24) is 0 Å². The fraction of sp³-hybridized carbons (Fsp3) is 0.0952. The van der Waals surface area contributed by atoms with Crippen LogP contribution in [-0.4, -0.2) is 14.3 Å². The molecule has 3 rings (SSSR count). The van der Waals surface area contributed by atoms with Crippen LogP contribution < -0.4 is 10.0 Å². The number of carbonyl (C=O) groups is 1. The molecular weight excluding hydrogens is 379 g/mol. The number of benzene rings is 3. The number of hydrogen-bond donors (Lipinski definition) is 2. The summed E-state index contributed by atoms with van der Waals surface area (Å²) < 4.78 is 41.1. The van der Waals surface area contributed by atoms with Gasteiger partial charge in [-0.2, -0.15) is 0 Å².